The Morgan fingerprint density at radius 2 is 2.19 bits per heavy atom. The molecule has 88 valence electrons. The highest BCUT2D eigenvalue weighted by Crippen LogP contribution is 2.20. The molecule has 0 radical (unpaired) electrons. The van der Waals surface area contributed by atoms with Gasteiger partial charge in [-0.2, -0.15) is 0 Å². The van der Waals surface area contributed by atoms with Gasteiger partial charge in [-0.1, -0.05) is 0 Å². The molecule has 0 atom stereocenters. The molecule has 0 saturated carbocycles. The Bertz CT molecular complexity index is 332. The van der Waals surface area contributed by atoms with E-state index in [0.717, 1.165) is 37.2 Å². The molecule has 1 aliphatic rings. The maximum absolute atomic E-state index is 4.47. The minimum atomic E-state index is 0.823. The molecule has 4 nitrogen and oxygen atoms in total. The first-order chi connectivity index (χ1) is 7.79. The van der Waals surface area contributed by atoms with Gasteiger partial charge in [0.1, 0.15) is 11.6 Å². The number of rotatable bonds is 3. The van der Waals surface area contributed by atoms with E-state index in [2.05, 4.69) is 20.2 Å². The number of piperidine rings is 1. The molecule has 0 unspecified atom stereocenters. The lowest BCUT2D eigenvalue weighted by Gasteiger charge is -2.32. The van der Waals surface area contributed by atoms with Gasteiger partial charge in [0.05, 0.1) is 0 Å². The second kappa shape index (κ2) is 5.25. The SMILES string of the molecule is CNCC1CCN(c2ccnc(C)n2)CC1. The van der Waals surface area contributed by atoms with Crippen molar-refractivity contribution in [2.75, 3.05) is 31.6 Å². The Kier molecular flexibility index (Phi) is 3.72. The average molecular weight is 220 g/mol. The lowest BCUT2D eigenvalue weighted by Crippen LogP contribution is -2.37. The topological polar surface area (TPSA) is 41.0 Å². The van der Waals surface area contributed by atoms with E-state index in [1.54, 1.807) is 0 Å². The molecule has 16 heavy (non-hydrogen) atoms. The van der Waals surface area contributed by atoms with Crippen LogP contribution in [0.4, 0.5) is 5.82 Å². The summed E-state index contributed by atoms with van der Waals surface area (Å²) in [6.45, 7) is 5.31. The highest BCUT2D eigenvalue weighted by molar-refractivity contribution is 5.37. The largest absolute Gasteiger partial charge is 0.356 e. The minimum absolute atomic E-state index is 0.823. The first-order valence-corrected chi connectivity index (χ1v) is 5.99. The molecule has 2 rings (SSSR count). The molecule has 1 N–H and O–H groups in total. The van der Waals surface area contributed by atoms with Crippen LogP contribution in [0.5, 0.6) is 0 Å². The summed E-state index contributed by atoms with van der Waals surface area (Å²) in [6, 6.07) is 2.01. The number of aryl methyl sites for hydroxylation is 1. The average Bonchev–Trinajstić information content (AvgIpc) is 2.30. The van der Waals surface area contributed by atoms with Crippen LogP contribution in [0.1, 0.15) is 18.7 Å². The second-order valence-electron chi connectivity index (χ2n) is 4.45. The molecule has 1 aliphatic heterocycles. The van der Waals surface area contributed by atoms with Crippen molar-refractivity contribution in [3.63, 3.8) is 0 Å². The van der Waals surface area contributed by atoms with E-state index in [0.29, 0.717) is 0 Å². The van der Waals surface area contributed by atoms with E-state index in [1.807, 2.05) is 26.2 Å². The van der Waals surface area contributed by atoms with Gasteiger partial charge >= 0.3 is 0 Å². The van der Waals surface area contributed by atoms with Gasteiger partial charge in [0, 0.05) is 19.3 Å². The zero-order valence-electron chi connectivity index (χ0n) is 10.1. The van der Waals surface area contributed by atoms with Gasteiger partial charge in [-0.15, -0.1) is 0 Å². The van der Waals surface area contributed by atoms with Crippen LogP contribution in [-0.2, 0) is 0 Å². The maximum Gasteiger partial charge on any atom is 0.132 e. The third-order valence-corrected chi connectivity index (χ3v) is 3.19. The molecule has 4 heteroatoms. The van der Waals surface area contributed by atoms with Crippen LogP contribution in [0.25, 0.3) is 0 Å². The minimum Gasteiger partial charge on any atom is -0.356 e. The van der Waals surface area contributed by atoms with Crippen LogP contribution < -0.4 is 10.2 Å². The number of anilines is 1. The standard InChI is InChI=1S/C12H20N4/c1-10-14-6-3-12(15-10)16-7-4-11(5-8-16)9-13-2/h3,6,11,13H,4-5,7-9H2,1-2H3. The van der Waals surface area contributed by atoms with Gasteiger partial charge in [0.25, 0.3) is 0 Å². The smallest absolute Gasteiger partial charge is 0.132 e. The molecule has 1 saturated heterocycles. The fourth-order valence-corrected chi connectivity index (χ4v) is 2.27. The first kappa shape index (κ1) is 11.3. The van der Waals surface area contributed by atoms with Gasteiger partial charge in [-0.25, -0.2) is 9.97 Å². The summed E-state index contributed by atoms with van der Waals surface area (Å²) in [5, 5.41) is 3.26. The molecule has 1 aromatic heterocycles. The highest BCUT2D eigenvalue weighted by Gasteiger charge is 2.19. The van der Waals surface area contributed by atoms with E-state index in [-0.39, 0.29) is 0 Å². The Morgan fingerprint density at radius 3 is 2.81 bits per heavy atom. The van der Waals surface area contributed by atoms with Gasteiger partial charge in [0.15, 0.2) is 0 Å². The molecule has 0 amide bonds. The number of nitrogens with zero attached hydrogens (tertiary/aromatic N) is 3. The quantitative estimate of drug-likeness (QED) is 0.831. The zero-order chi connectivity index (χ0) is 11.4. The molecule has 1 aromatic rings. The number of hydrogen-bond donors (Lipinski definition) is 1. The highest BCUT2D eigenvalue weighted by atomic mass is 15.2. The fourth-order valence-electron chi connectivity index (χ4n) is 2.27. The summed E-state index contributed by atoms with van der Waals surface area (Å²) >= 11 is 0. The normalized spacial score (nSPS) is 17.8. The summed E-state index contributed by atoms with van der Waals surface area (Å²) < 4.78 is 0. The van der Waals surface area contributed by atoms with Crippen LogP contribution >= 0.6 is 0 Å². The van der Waals surface area contributed by atoms with Gasteiger partial charge in [-0.3, -0.25) is 0 Å². The lowest BCUT2D eigenvalue weighted by atomic mass is 9.97. The van der Waals surface area contributed by atoms with Gasteiger partial charge in [0.2, 0.25) is 0 Å². The number of aromatic nitrogens is 2. The van der Waals surface area contributed by atoms with E-state index >= 15 is 0 Å². The molecule has 0 spiro atoms. The molecule has 0 aliphatic carbocycles. The van der Waals surface area contributed by atoms with Crippen molar-refractivity contribution in [3.05, 3.63) is 18.1 Å². The van der Waals surface area contributed by atoms with Crippen LogP contribution in [0.3, 0.4) is 0 Å². The molecule has 0 aromatic carbocycles. The second-order valence-corrected chi connectivity index (χ2v) is 4.45. The van der Waals surface area contributed by atoms with Gasteiger partial charge in [-0.05, 0) is 45.3 Å². The summed E-state index contributed by atoms with van der Waals surface area (Å²) in [5.74, 6) is 2.76. The molecule has 0 bridgehead atoms. The number of nitrogens with one attached hydrogen (secondary N) is 1. The van der Waals surface area contributed by atoms with Gasteiger partial charge < -0.3 is 10.2 Å². The lowest BCUT2D eigenvalue weighted by molar-refractivity contribution is 0.392. The summed E-state index contributed by atoms with van der Waals surface area (Å²) in [5.41, 5.74) is 0. The Hall–Kier alpha value is -1.16. The zero-order valence-corrected chi connectivity index (χ0v) is 10.1. The van der Waals surface area contributed by atoms with E-state index in [1.165, 1.54) is 12.8 Å². The van der Waals surface area contributed by atoms with Crippen molar-refractivity contribution < 1.29 is 0 Å². The van der Waals surface area contributed by atoms with Crippen molar-refractivity contribution in [1.82, 2.24) is 15.3 Å². The van der Waals surface area contributed by atoms with Crippen LogP contribution in [0.2, 0.25) is 0 Å². The molecule has 2 heterocycles. The molecular formula is C12H20N4. The predicted octanol–water partition coefficient (Wildman–Crippen LogP) is 1.22. The van der Waals surface area contributed by atoms with Crippen LogP contribution in [0, 0.1) is 12.8 Å². The Morgan fingerprint density at radius 1 is 1.44 bits per heavy atom. The summed E-state index contributed by atoms with van der Waals surface area (Å²) in [7, 11) is 2.03. The third kappa shape index (κ3) is 2.70. The number of hydrogen-bond acceptors (Lipinski definition) is 4. The monoisotopic (exact) mass is 220 g/mol. The fraction of sp³-hybridized carbons (Fsp3) is 0.667. The Balaban J connectivity index is 1.94. The predicted molar refractivity (Wildman–Crippen MR) is 65.6 cm³/mol. The van der Waals surface area contributed by atoms with Crippen molar-refractivity contribution in [3.8, 4) is 0 Å². The van der Waals surface area contributed by atoms with Crippen molar-refractivity contribution >= 4 is 5.82 Å². The summed E-state index contributed by atoms with van der Waals surface area (Å²) in [4.78, 5) is 11.0. The third-order valence-electron chi connectivity index (χ3n) is 3.19. The molecule has 1 fully saturated rings. The summed E-state index contributed by atoms with van der Waals surface area (Å²) in [6.07, 6.45) is 4.35. The van der Waals surface area contributed by atoms with E-state index in [9.17, 15) is 0 Å². The van der Waals surface area contributed by atoms with Crippen LogP contribution in [-0.4, -0.2) is 36.6 Å². The first-order valence-electron chi connectivity index (χ1n) is 5.99. The van der Waals surface area contributed by atoms with Crippen molar-refractivity contribution in [2.24, 2.45) is 5.92 Å². The van der Waals surface area contributed by atoms with Crippen molar-refractivity contribution in [1.29, 1.82) is 0 Å². The maximum atomic E-state index is 4.47. The van der Waals surface area contributed by atoms with Crippen molar-refractivity contribution in [2.45, 2.75) is 19.8 Å². The van der Waals surface area contributed by atoms with Crippen LogP contribution in [0.15, 0.2) is 12.3 Å². The Labute approximate surface area is 97.1 Å². The molecular weight excluding hydrogens is 200 g/mol. The van der Waals surface area contributed by atoms with E-state index in [4.69, 9.17) is 0 Å². The van der Waals surface area contributed by atoms with E-state index < -0.39 is 0 Å².